The lowest BCUT2D eigenvalue weighted by atomic mass is 9.88. The highest BCUT2D eigenvalue weighted by molar-refractivity contribution is 6.29. The van der Waals surface area contributed by atoms with Crippen LogP contribution in [-0.4, -0.2) is 42.3 Å². The molecule has 1 aliphatic rings. The summed E-state index contributed by atoms with van der Waals surface area (Å²) in [6.45, 7) is -0.157. The number of benzene rings is 1. The molecule has 3 rings (SSSR count). The van der Waals surface area contributed by atoms with Gasteiger partial charge in [-0.15, -0.1) is 10.2 Å². The molecule has 0 unspecified atom stereocenters. The highest BCUT2D eigenvalue weighted by atomic mass is 35.5. The van der Waals surface area contributed by atoms with E-state index in [2.05, 4.69) is 14.9 Å². The number of carbonyl (C=O) groups is 1. The molecule has 0 saturated carbocycles. The molecule has 1 atom stereocenters. The van der Waals surface area contributed by atoms with E-state index in [1.54, 1.807) is 24.3 Å². The maximum absolute atomic E-state index is 14.3. The van der Waals surface area contributed by atoms with Crippen molar-refractivity contribution in [3.8, 4) is 0 Å². The van der Waals surface area contributed by atoms with E-state index in [9.17, 15) is 13.6 Å². The van der Waals surface area contributed by atoms with Crippen molar-refractivity contribution in [2.24, 2.45) is 0 Å². The number of piperidine rings is 1. The Kier molecular flexibility index (Phi) is 4.95. The number of nitrogens with zero attached hydrogens (tertiary/aromatic N) is 3. The number of hydrogen-bond donors (Lipinski definition) is 1. The van der Waals surface area contributed by atoms with E-state index in [-0.39, 0.29) is 17.4 Å². The van der Waals surface area contributed by atoms with Crippen LogP contribution < -0.4 is 10.6 Å². The Labute approximate surface area is 153 Å². The van der Waals surface area contributed by atoms with Crippen molar-refractivity contribution in [3.63, 3.8) is 0 Å². The smallest absolute Gasteiger partial charge is 0.337 e. The van der Waals surface area contributed by atoms with Crippen LogP contribution in [0.5, 0.6) is 0 Å². The number of alkyl halides is 2. The van der Waals surface area contributed by atoms with Crippen molar-refractivity contribution in [3.05, 3.63) is 46.6 Å². The summed E-state index contributed by atoms with van der Waals surface area (Å²) in [5, 5.41) is 7.40. The van der Waals surface area contributed by atoms with Crippen LogP contribution in [0.4, 0.5) is 20.3 Å². The molecule has 1 fully saturated rings. The molecule has 0 bridgehead atoms. The van der Waals surface area contributed by atoms with Crippen LogP contribution in [0.2, 0.25) is 5.15 Å². The number of halogens is 3. The number of hydrogen-bond acceptors (Lipinski definition) is 6. The van der Waals surface area contributed by atoms with Crippen LogP contribution >= 0.6 is 11.6 Å². The Morgan fingerprint density at radius 2 is 2.04 bits per heavy atom. The zero-order chi connectivity index (χ0) is 18.9. The molecule has 0 radical (unpaired) electrons. The predicted molar refractivity (Wildman–Crippen MR) is 93.8 cm³/mol. The van der Waals surface area contributed by atoms with E-state index in [1.165, 1.54) is 18.1 Å². The summed E-state index contributed by atoms with van der Waals surface area (Å²) in [6.07, 6.45) is -0.298. The second-order valence-electron chi connectivity index (χ2n) is 6.19. The Hall–Kier alpha value is -2.48. The van der Waals surface area contributed by atoms with Crippen molar-refractivity contribution in [2.45, 2.75) is 18.3 Å². The van der Waals surface area contributed by atoms with Gasteiger partial charge >= 0.3 is 5.97 Å². The fourth-order valence-electron chi connectivity index (χ4n) is 3.14. The highest BCUT2D eigenvalue weighted by Crippen LogP contribution is 2.39. The second-order valence-corrected chi connectivity index (χ2v) is 6.58. The van der Waals surface area contributed by atoms with Gasteiger partial charge in [-0.3, -0.25) is 0 Å². The first kappa shape index (κ1) is 18.3. The van der Waals surface area contributed by atoms with E-state index >= 15 is 0 Å². The summed E-state index contributed by atoms with van der Waals surface area (Å²) in [7, 11) is 1.29. The van der Waals surface area contributed by atoms with Gasteiger partial charge in [-0.1, -0.05) is 23.7 Å². The number of rotatable bonds is 3. The third-order valence-electron chi connectivity index (χ3n) is 4.32. The number of nitrogens with two attached hydrogens (primary N) is 1. The maximum atomic E-state index is 14.3. The zero-order valence-corrected chi connectivity index (χ0v) is 14.7. The quantitative estimate of drug-likeness (QED) is 0.821. The number of nitrogen functional groups attached to an aromatic ring is 1. The Morgan fingerprint density at radius 3 is 2.69 bits per heavy atom. The highest BCUT2D eigenvalue weighted by Gasteiger charge is 2.41. The van der Waals surface area contributed by atoms with E-state index in [4.69, 9.17) is 17.3 Å². The van der Waals surface area contributed by atoms with Crippen molar-refractivity contribution >= 4 is 29.1 Å². The van der Waals surface area contributed by atoms with Crippen molar-refractivity contribution < 1.29 is 18.3 Å². The Morgan fingerprint density at radius 1 is 1.35 bits per heavy atom. The minimum atomic E-state index is -2.91. The van der Waals surface area contributed by atoms with Gasteiger partial charge in [-0.2, -0.15) is 0 Å². The van der Waals surface area contributed by atoms with Crippen LogP contribution in [0.3, 0.4) is 0 Å². The zero-order valence-electron chi connectivity index (χ0n) is 14.0. The molecule has 2 heterocycles. The van der Waals surface area contributed by atoms with Gasteiger partial charge in [0.2, 0.25) is 0 Å². The maximum Gasteiger partial charge on any atom is 0.337 e. The van der Waals surface area contributed by atoms with Crippen LogP contribution in [-0.2, 0) is 4.74 Å². The summed E-state index contributed by atoms with van der Waals surface area (Å²) in [4.78, 5) is 13.0. The molecular weight excluding hydrogens is 366 g/mol. The Bertz CT molecular complexity index is 817. The van der Waals surface area contributed by atoms with E-state index in [0.29, 0.717) is 23.4 Å². The number of carbonyl (C=O) groups excluding carboxylic acids is 1. The molecule has 1 aromatic carbocycles. The van der Waals surface area contributed by atoms with E-state index < -0.39 is 24.4 Å². The van der Waals surface area contributed by atoms with Gasteiger partial charge in [-0.25, -0.2) is 13.6 Å². The molecule has 138 valence electrons. The first-order valence-electron chi connectivity index (χ1n) is 7.89. The summed E-state index contributed by atoms with van der Waals surface area (Å²) in [5.41, 5.74) is 7.19. The minimum Gasteiger partial charge on any atom is -0.465 e. The first-order valence-corrected chi connectivity index (χ1v) is 8.26. The largest absolute Gasteiger partial charge is 0.465 e. The van der Waals surface area contributed by atoms with Crippen LogP contribution in [0.1, 0.15) is 28.3 Å². The molecule has 1 saturated heterocycles. The topological polar surface area (TPSA) is 81.3 Å². The number of methoxy groups -OCH3 is 1. The molecule has 1 aliphatic heterocycles. The van der Waals surface area contributed by atoms with Gasteiger partial charge < -0.3 is 15.4 Å². The third-order valence-corrected chi connectivity index (χ3v) is 4.51. The van der Waals surface area contributed by atoms with Crippen LogP contribution in [0, 0.1) is 0 Å². The molecule has 2 N–H and O–H groups in total. The molecule has 0 aliphatic carbocycles. The average molecular weight is 383 g/mol. The fraction of sp³-hybridized carbons (Fsp3) is 0.353. The van der Waals surface area contributed by atoms with Gasteiger partial charge in [-0.05, 0) is 17.7 Å². The lowest BCUT2D eigenvalue weighted by molar-refractivity contribution is -0.0182. The normalized spacial score (nSPS) is 19.2. The number of esters is 1. The molecule has 6 nitrogen and oxygen atoms in total. The molecule has 9 heteroatoms. The molecule has 0 amide bonds. The van der Waals surface area contributed by atoms with Gasteiger partial charge in [0.25, 0.3) is 5.92 Å². The molecular formula is C17H17ClF2N4O2. The number of anilines is 2. The van der Waals surface area contributed by atoms with E-state index in [1.807, 2.05) is 0 Å². The average Bonchev–Trinajstić information content (AvgIpc) is 2.62. The van der Waals surface area contributed by atoms with Crippen LogP contribution in [0.15, 0.2) is 30.3 Å². The second kappa shape index (κ2) is 7.03. The summed E-state index contributed by atoms with van der Waals surface area (Å²) >= 11 is 5.83. The van der Waals surface area contributed by atoms with Crippen LogP contribution in [0.25, 0.3) is 0 Å². The number of aromatic nitrogens is 2. The summed E-state index contributed by atoms with van der Waals surface area (Å²) in [5.74, 6) is -3.78. The predicted octanol–water partition coefficient (Wildman–Crippen LogP) is 3.13. The lowest BCUT2D eigenvalue weighted by Gasteiger charge is -2.39. The van der Waals surface area contributed by atoms with Gasteiger partial charge in [0.05, 0.1) is 24.9 Å². The number of ether oxygens (including phenoxy) is 1. The minimum absolute atomic E-state index is 0.0480. The molecule has 0 spiro atoms. The van der Waals surface area contributed by atoms with Crippen molar-refractivity contribution in [2.75, 3.05) is 30.8 Å². The van der Waals surface area contributed by atoms with E-state index in [0.717, 1.165) is 0 Å². The van der Waals surface area contributed by atoms with Crippen molar-refractivity contribution in [1.29, 1.82) is 0 Å². The monoisotopic (exact) mass is 382 g/mol. The fourth-order valence-corrected chi connectivity index (χ4v) is 3.28. The Balaban J connectivity index is 1.88. The SMILES string of the molecule is COC(=O)c1ccc([C@@H]2CN(c3cc(Cl)nnc3N)CC(F)(F)C2)cc1. The third kappa shape index (κ3) is 3.85. The van der Waals surface area contributed by atoms with Gasteiger partial charge in [0.15, 0.2) is 11.0 Å². The molecule has 2 aromatic rings. The summed E-state index contributed by atoms with van der Waals surface area (Å²) in [6, 6.07) is 7.90. The van der Waals surface area contributed by atoms with Gasteiger partial charge in [0, 0.05) is 24.9 Å². The lowest BCUT2D eigenvalue weighted by Crippen LogP contribution is -2.46. The van der Waals surface area contributed by atoms with Crippen molar-refractivity contribution in [1.82, 2.24) is 10.2 Å². The standard InChI is InChI=1S/C17H17ClF2N4O2/c1-26-16(25)11-4-2-10(3-5-11)12-7-17(19,20)9-24(8-12)13-6-14(18)22-23-15(13)21/h2-6,12H,7-9H2,1H3,(H2,21,23)/t12-/m0/s1. The first-order chi connectivity index (χ1) is 12.3. The summed E-state index contributed by atoms with van der Waals surface area (Å²) < 4.78 is 33.3. The molecule has 1 aromatic heterocycles. The van der Waals surface area contributed by atoms with Gasteiger partial charge in [0.1, 0.15) is 0 Å². The molecule has 26 heavy (non-hydrogen) atoms.